The number of carboxylic acid groups (broad SMARTS) is 1. The molecule has 86 valence electrons. The van der Waals surface area contributed by atoms with E-state index in [1.165, 1.54) is 13.2 Å². The van der Waals surface area contributed by atoms with Crippen molar-refractivity contribution < 1.29 is 19.1 Å². The van der Waals surface area contributed by atoms with E-state index in [0.717, 1.165) is 0 Å². The summed E-state index contributed by atoms with van der Waals surface area (Å²) in [4.78, 5) is 22.4. The molecule has 0 atom stereocenters. The van der Waals surface area contributed by atoms with Crippen molar-refractivity contribution in [3.63, 3.8) is 0 Å². The molecule has 0 bridgehead atoms. The number of carboxylic acids is 1. The predicted molar refractivity (Wildman–Crippen MR) is 61.1 cm³/mol. The molecule has 0 saturated carbocycles. The third-order valence-corrected chi connectivity index (χ3v) is 2.46. The first kappa shape index (κ1) is 11.1. The Morgan fingerprint density at radius 1 is 1.12 bits per heavy atom. The van der Waals surface area contributed by atoms with Gasteiger partial charge in [-0.2, -0.15) is 0 Å². The minimum Gasteiger partial charge on any atom is -0.475 e. The van der Waals surface area contributed by atoms with E-state index < -0.39 is 5.97 Å². The van der Waals surface area contributed by atoms with E-state index in [0.29, 0.717) is 16.7 Å². The average Bonchev–Trinajstić information content (AvgIpc) is 2.77. The average molecular weight is 230 g/mol. The Balaban J connectivity index is 2.64. The van der Waals surface area contributed by atoms with Crippen molar-refractivity contribution in [3.8, 4) is 11.1 Å². The highest BCUT2D eigenvalue weighted by molar-refractivity contribution is 6.03. The van der Waals surface area contributed by atoms with Crippen LogP contribution in [-0.4, -0.2) is 16.9 Å². The fourth-order valence-electron chi connectivity index (χ4n) is 1.71. The van der Waals surface area contributed by atoms with Gasteiger partial charge in [0.2, 0.25) is 5.76 Å². The molecular formula is C13H10O4. The maximum absolute atomic E-state index is 11.5. The number of hydrogen-bond acceptors (Lipinski definition) is 3. The molecule has 2 aromatic rings. The maximum Gasteiger partial charge on any atom is 0.372 e. The molecular weight excluding hydrogens is 220 g/mol. The summed E-state index contributed by atoms with van der Waals surface area (Å²) in [6.07, 6.45) is 1.30. The first-order valence-electron chi connectivity index (χ1n) is 5.02. The van der Waals surface area contributed by atoms with Crippen LogP contribution in [0, 0.1) is 0 Å². The van der Waals surface area contributed by atoms with Gasteiger partial charge in [-0.25, -0.2) is 4.79 Å². The molecule has 4 nitrogen and oxygen atoms in total. The van der Waals surface area contributed by atoms with Crippen LogP contribution in [-0.2, 0) is 0 Å². The van der Waals surface area contributed by atoms with Gasteiger partial charge in [-0.3, -0.25) is 4.79 Å². The molecule has 1 heterocycles. The van der Waals surface area contributed by atoms with Gasteiger partial charge in [0, 0.05) is 11.1 Å². The van der Waals surface area contributed by atoms with Crippen molar-refractivity contribution >= 4 is 11.8 Å². The van der Waals surface area contributed by atoms with E-state index >= 15 is 0 Å². The standard InChI is InChI=1S/C13H10O4/c1-8(14)9-4-2-3-5-10(9)11-6-7-17-12(11)13(15)16/h2-7H,1H3,(H,15,16). The number of carbonyl (C=O) groups excluding carboxylic acids is 1. The van der Waals surface area contributed by atoms with Crippen LogP contribution >= 0.6 is 0 Å². The molecule has 1 N–H and O–H groups in total. The first-order chi connectivity index (χ1) is 8.11. The zero-order valence-electron chi connectivity index (χ0n) is 9.14. The van der Waals surface area contributed by atoms with Gasteiger partial charge in [0.05, 0.1) is 6.26 Å². The minimum absolute atomic E-state index is 0.113. The number of benzene rings is 1. The fraction of sp³-hybridized carbons (Fsp3) is 0.0769. The van der Waals surface area contributed by atoms with Crippen LogP contribution in [0.15, 0.2) is 41.0 Å². The first-order valence-corrected chi connectivity index (χ1v) is 5.02. The lowest BCUT2D eigenvalue weighted by molar-refractivity contribution is 0.0663. The summed E-state index contributed by atoms with van der Waals surface area (Å²) in [5.41, 5.74) is 1.48. The van der Waals surface area contributed by atoms with Crippen LogP contribution in [0.3, 0.4) is 0 Å². The van der Waals surface area contributed by atoms with Crippen LogP contribution < -0.4 is 0 Å². The normalized spacial score (nSPS) is 10.2. The van der Waals surface area contributed by atoms with Gasteiger partial charge < -0.3 is 9.52 Å². The smallest absolute Gasteiger partial charge is 0.372 e. The van der Waals surface area contributed by atoms with Crippen molar-refractivity contribution in [1.29, 1.82) is 0 Å². The van der Waals surface area contributed by atoms with Gasteiger partial charge in [0.1, 0.15) is 0 Å². The third-order valence-electron chi connectivity index (χ3n) is 2.46. The van der Waals surface area contributed by atoms with Gasteiger partial charge in [-0.05, 0) is 18.6 Å². The van der Waals surface area contributed by atoms with E-state index in [1.807, 2.05) is 0 Å². The Kier molecular flexibility index (Phi) is 2.78. The summed E-state index contributed by atoms with van der Waals surface area (Å²) < 4.78 is 4.90. The molecule has 1 aromatic carbocycles. The quantitative estimate of drug-likeness (QED) is 0.823. The van der Waals surface area contributed by atoms with Crippen LogP contribution in [0.5, 0.6) is 0 Å². The number of furan rings is 1. The van der Waals surface area contributed by atoms with E-state index in [2.05, 4.69) is 0 Å². The van der Waals surface area contributed by atoms with Crippen LogP contribution in [0.1, 0.15) is 27.8 Å². The van der Waals surface area contributed by atoms with Crippen molar-refractivity contribution in [2.75, 3.05) is 0 Å². The lowest BCUT2D eigenvalue weighted by Crippen LogP contribution is -2.00. The highest BCUT2D eigenvalue weighted by Crippen LogP contribution is 2.28. The molecule has 2 rings (SSSR count). The van der Waals surface area contributed by atoms with Crippen LogP contribution in [0.4, 0.5) is 0 Å². The van der Waals surface area contributed by atoms with Gasteiger partial charge in [0.15, 0.2) is 5.78 Å². The van der Waals surface area contributed by atoms with Crippen molar-refractivity contribution in [1.82, 2.24) is 0 Å². The molecule has 1 aromatic heterocycles. The van der Waals surface area contributed by atoms with Crippen molar-refractivity contribution in [2.24, 2.45) is 0 Å². The monoisotopic (exact) mass is 230 g/mol. The number of Topliss-reactive ketones (excluding diaryl/α,β-unsaturated/α-hetero) is 1. The Hall–Kier alpha value is -2.36. The second kappa shape index (κ2) is 4.25. The predicted octanol–water partition coefficient (Wildman–Crippen LogP) is 2.85. The van der Waals surface area contributed by atoms with Gasteiger partial charge in [0.25, 0.3) is 0 Å². The summed E-state index contributed by atoms with van der Waals surface area (Å²) >= 11 is 0. The molecule has 0 amide bonds. The van der Waals surface area contributed by atoms with Gasteiger partial charge in [-0.15, -0.1) is 0 Å². The zero-order valence-corrected chi connectivity index (χ0v) is 9.14. The van der Waals surface area contributed by atoms with E-state index in [4.69, 9.17) is 9.52 Å². The van der Waals surface area contributed by atoms with Gasteiger partial charge >= 0.3 is 5.97 Å². The topological polar surface area (TPSA) is 67.5 Å². The molecule has 0 aliphatic heterocycles. The second-order valence-electron chi connectivity index (χ2n) is 3.57. The zero-order chi connectivity index (χ0) is 12.4. The molecule has 0 radical (unpaired) electrons. The molecule has 0 aliphatic carbocycles. The van der Waals surface area contributed by atoms with E-state index in [1.54, 1.807) is 30.3 Å². The Morgan fingerprint density at radius 3 is 2.47 bits per heavy atom. The lowest BCUT2D eigenvalue weighted by Gasteiger charge is -2.05. The number of aromatic carboxylic acids is 1. The highest BCUT2D eigenvalue weighted by Gasteiger charge is 2.18. The van der Waals surface area contributed by atoms with Gasteiger partial charge in [-0.1, -0.05) is 24.3 Å². The molecule has 0 spiro atoms. The van der Waals surface area contributed by atoms with Crippen LogP contribution in [0.25, 0.3) is 11.1 Å². The molecule has 4 heteroatoms. The fourth-order valence-corrected chi connectivity index (χ4v) is 1.71. The minimum atomic E-state index is -1.15. The lowest BCUT2D eigenvalue weighted by atomic mass is 9.98. The molecule has 0 fully saturated rings. The number of hydrogen-bond donors (Lipinski definition) is 1. The molecule has 0 saturated heterocycles. The maximum atomic E-state index is 11.5. The summed E-state index contributed by atoms with van der Waals surface area (Å²) in [6, 6.07) is 8.40. The highest BCUT2D eigenvalue weighted by atomic mass is 16.4. The van der Waals surface area contributed by atoms with Crippen molar-refractivity contribution in [3.05, 3.63) is 47.9 Å². The molecule has 17 heavy (non-hydrogen) atoms. The summed E-state index contributed by atoms with van der Waals surface area (Å²) in [6.45, 7) is 1.44. The Labute approximate surface area is 97.5 Å². The van der Waals surface area contributed by atoms with E-state index in [-0.39, 0.29) is 11.5 Å². The summed E-state index contributed by atoms with van der Waals surface area (Å²) in [5.74, 6) is -1.42. The van der Waals surface area contributed by atoms with E-state index in [9.17, 15) is 9.59 Å². The Morgan fingerprint density at radius 2 is 1.82 bits per heavy atom. The second-order valence-corrected chi connectivity index (χ2v) is 3.57. The third kappa shape index (κ3) is 1.97. The number of rotatable bonds is 3. The summed E-state index contributed by atoms with van der Waals surface area (Å²) in [5, 5.41) is 8.97. The number of carbonyl (C=O) groups is 2. The Bertz CT molecular complexity index is 581. The molecule has 0 aliphatic rings. The van der Waals surface area contributed by atoms with Crippen LogP contribution in [0.2, 0.25) is 0 Å². The SMILES string of the molecule is CC(=O)c1ccccc1-c1ccoc1C(=O)O. The molecule has 0 unspecified atom stereocenters. The summed E-state index contributed by atoms with van der Waals surface area (Å²) in [7, 11) is 0. The number of ketones is 1. The largest absolute Gasteiger partial charge is 0.475 e. The van der Waals surface area contributed by atoms with Crippen molar-refractivity contribution in [2.45, 2.75) is 6.92 Å².